The molecule has 1 amide bonds. The summed E-state index contributed by atoms with van der Waals surface area (Å²) in [6.07, 6.45) is 80.3. The number of carbonyl (C=O) groups excluding carboxylic acids is 1. The summed E-state index contributed by atoms with van der Waals surface area (Å²) in [6.45, 7) is 2.87. The average Bonchev–Trinajstić information content (AvgIpc) is 0.791. The van der Waals surface area contributed by atoms with Crippen LogP contribution in [0.2, 0.25) is 0 Å². The Morgan fingerprint density at radius 2 is 0.621 bits per heavy atom. The Balaban J connectivity index is 1.57. The van der Waals surface area contributed by atoms with Gasteiger partial charge in [0.05, 0.1) is 32.0 Å². The van der Waals surface area contributed by atoms with Crippen LogP contribution in [0.1, 0.15) is 444 Å². The number of aliphatic hydroxyl groups excluding tert-OH is 8. The van der Waals surface area contributed by atoms with E-state index in [-0.39, 0.29) is 18.9 Å². The Hall–Kier alpha value is -1.53. The van der Waals surface area contributed by atoms with Crippen LogP contribution in [0, 0.1) is 0 Å². The van der Waals surface area contributed by atoms with Gasteiger partial charge in [0.25, 0.3) is 0 Å². The summed E-state index contributed by atoms with van der Waals surface area (Å²) in [5.74, 6) is -0.238. The first-order valence-electron chi connectivity index (χ1n) is 45.1. The third-order valence-corrected chi connectivity index (χ3v) is 22.4. The number of nitrogens with one attached hydrogen (secondary N) is 1. The molecule has 14 nitrogen and oxygen atoms in total. The number of allylic oxidation sites excluding steroid dienone is 3. The van der Waals surface area contributed by atoms with Crippen molar-refractivity contribution in [3.05, 3.63) is 24.3 Å². The van der Waals surface area contributed by atoms with Crippen molar-refractivity contribution in [1.82, 2.24) is 5.32 Å². The molecule has 14 heteroatoms. The number of amides is 1. The molecule has 2 aliphatic rings. The van der Waals surface area contributed by atoms with Gasteiger partial charge < -0.3 is 65.1 Å². The molecule has 2 saturated heterocycles. The van der Waals surface area contributed by atoms with Crippen LogP contribution in [-0.2, 0) is 23.7 Å². The smallest absolute Gasteiger partial charge is 0.220 e. The Morgan fingerprint density at radius 1 is 0.340 bits per heavy atom. The Kier molecular flexibility index (Phi) is 69.4. The predicted molar refractivity (Wildman–Crippen MR) is 429 cm³/mol. The SMILES string of the molecule is CCCCCCCCCCCCCCCCCCCCCCCCCCCCC/C=C/CC/C=C/C(O)C(COC1OC(CO)C(OC2OC(CO)C(O)C(O)C2O)C(O)C1O)NC(=O)CCCCCCCCCCCCCCCCCCCCCCCCCCCCCCCCCCCCCC. The average molecular weight is 1460 g/mol. The molecule has 2 heterocycles. The Morgan fingerprint density at radius 3 is 0.951 bits per heavy atom. The summed E-state index contributed by atoms with van der Waals surface area (Å²) in [5, 5.41) is 87.8. The molecule has 0 radical (unpaired) electrons. The summed E-state index contributed by atoms with van der Waals surface area (Å²) in [5.41, 5.74) is 0. The van der Waals surface area contributed by atoms with Gasteiger partial charge in [-0.25, -0.2) is 0 Å². The summed E-state index contributed by atoms with van der Waals surface area (Å²) in [6, 6.07) is -0.931. The van der Waals surface area contributed by atoms with Crippen LogP contribution in [0.5, 0.6) is 0 Å². The van der Waals surface area contributed by atoms with Crippen molar-refractivity contribution in [2.24, 2.45) is 0 Å². The number of hydrogen-bond donors (Lipinski definition) is 9. The highest BCUT2D eigenvalue weighted by atomic mass is 16.7. The molecule has 0 bridgehead atoms. The molecule has 0 aromatic heterocycles. The molecular formula is C89H171NO13. The minimum absolute atomic E-state index is 0.238. The molecule has 0 aliphatic carbocycles. The van der Waals surface area contributed by atoms with Gasteiger partial charge in [0.2, 0.25) is 5.91 Å². The number of rotatable bonds is 78. The summed E-state index contributed by atoms with van der Waals surface area (Å²) in [4.78, 5) is 13.4. The molecule has 0 aromatic rings. The first-order chi connectivity index (χ1) is 50.6. The molecular weight excluding hydrogens is 1290 g/mol. The molecule has 2 rings (SSSR count). The maximum Gasteiger partial charge on any atom is 0.220 e. The lowest BCUT2D eigenvalue weighted by molar-refractivity contribution is -0.359. The zero-order chi connectivity index (χ0) is 74.4. The van der Waals surface area contributed by atoms with E-state index >= 15 is 0 Å². The first kappa shape index (κ1) is 97.5. The lowest BCUT2D eigenvalue weighted by atomic mass is 9.97. The van der Waals surface area contributed by atoms with Gasteiger partial charge in [-0.1, -0.05) is 430 Å². The van der Waals surface area contributed by atoms with E-state index in [1.165, 1.54) is 379 Å². The minimum atomic E-state index is -1.79. The lowest BCUT2D eigenvalue weighted by Crippen LogP contribution is -2.65. The highest BCUT2D eigenvalue weighted by molar-refractivity contribution is 5.76. The Labute approximate surface area is 634 Å². The fourth-order valence-corrected chi connectivity index (χ4v) is 15.3. The minimum Gasteiger partial charge on any atom is -0.394 e. The number of ether oxygens (including phenoxy) is 4. The zero-order valence-corrected chi connectivity index (χ0v) is 67.4. The lowest BCUT2D eigenvalue weighted by Gasteiger charge is -2.46. The van der Waals surface area contributed by atoms with E-state index in [0.717, 1.165) is 32.1 Å². The van der Waals surface area contributed by atoms with Crippen molar-refractivity contribution in [2.45, 2.75) is 518 Å². The number of hydrogen-bond acceptors (Lipinski definition) is 13. The molecule has 0 saturated carbocycles. The molecule has 610 valence electrons. The standard InChI is InChI=1S/C89H171NO13/c1-3-5-7-9-11-13-15-17-19-21-23-25-27-29-31-33-35-37-38-39-41-43-45-47-49-51-53-55-57-59-61-63-65-67-69-71-73-81(94)90-77(76-100-88-86(99)84(97)87(80(75-92)102-88)103-89-85(98)83(96)82(95)79(74-91)101-89)78(93)72-70-68-66-64-62-60-58-56-54-52-50-48-46-44-42-40-36-34-32-30-28-26-24-22-20-18-16-14-12-10-8-6-4-2/h62,64,70,72,77-80,82-89,91-93,95-99H,3-61,63,65-69,71,73-76H2,1-2H3,(H,90,94)/b64-62+,72-70+. The Bertz CT molecular complexity index is 1820. The van der Waals surface area contributed by atoms with Gasteiger partial charge >= 0.3 is 0 Å². The quantitative estimate of drug-likeness (QED) is 0.0204. The maximum absolute atomic E-state index is 13.4. The van der Waals surface area contributed by atoms with Crippen LogP contribution in [0.15, 0.2) is 24.3 Å². The largest absolute Gasteiger partial charge is 0.394 e. The van der Waals surface area contributed by atoms with Crippen LogP contribution in [0.4, 0.5) is 0 Å². The second kappa shape index (κ2) is 73.3. The van der Waals surface area contributed by atoms with Crippen molar-refractivity contribution >= 4 is 5.91 Å². The van der Waals surface area contributed by atoms with Crippen molar-refractivity contribution in [2.75, 3.05) is 19.8 Å². The first-order valence-corrected chi connectivity index (χ1v) is 45.1. The molecule has 9 N–H and O–H groups in total. The van der Waals surface area contributed by atoms with Gasteiger partial charge in [-0.05, 0) is 32.1 Å². The second-order valence-corrected chi connectivity index (χ2v) is 32.1. The maximum atomic E-state index is 13.4. The normalized spacial score (nSPS) is 21.6. The number of unbranched alkanes of at least 4 members (excludes halogenated alkanes) is 63. The van der Waals surface area contributed by atoms with Crippen molar-refractivity contribution in [3.63, 3.8) is 0 Å². The predicted octanol–water partition coefficient (Wildman–Crippen LogP) is 21.8. The summed E-state index contributed by atoms with van der Waals surface area (Å²) < 4.78 is 22.9. The van der Waals surface area contributed by atoms with Crippen molar-refractivity contribution in [1.29, 1.82) is 0 Å². The van der Waals surface area contributed by atoms with Gasteiger partial charge in [0.1, 0.15) is 48.8 Å². The number of carbonyl (C=O) groups is 1. The third kappa shape index (κ3) is 55.5. The van der Waals surface area contributed by atoms with Gasteiger partial charge in [0.15, 0.2) is 12.6 Å². The molecule has 2 fully saturated rings. The highest BCUT2D eigenvalue weighted by Gasteiger charge is 2.51. The van der Waals surface area contributed by atoms with E-state index in [0.29, 0.717) is 12.8 Å². The van der Waals surface area contributed by atoms with Crippen LogP contribution < -0.4 is 5.32 Å². The number of aliphatic hydroxyl groups is 8. The molecule has 0 spiro atoms. The van der Waals surface area contributed by atoms with E-state index in [2.05, 4.69) is 31.3 Å². The van der Waals surface area contributed by atoms with Gasteiger partial charge in [0, 0.05) is 6.42 Å². The van der Waals surface area contributed by atoms with E-state index in [1.54, 1.807) is 6.08 Å². The molecule has 2 aliphatic heterocycles. The van der Waals surface area contributed by atoms with E-state index < -0.39 is 86.8 Å². The fraction of sp³-hybridized carbons (Fsp3) is 0.944. The van der Waals surface area contributed by atoms with Crippen LogP contribution in [0.3, 0.4) is 0 Å². The summed E-state index contributed by atoms with van der Waals surface area (Å²) >= 11 is 0. The second-order valence-electron chi connectivity index (χ2n) is 32.1. The monoisotopic (exact) mass is 1460 g/mol. The third-order valence-electron chi connectivity index (χ3n) is 22.4. The van der Waals surface area contributed by atoms with Crippen LogP contribution in [0.25, 0.3) is 0 Å². The summed E-state index contributed by atoms with van der Waals surface area (Å²) in [7, 11) is 0. The van der Waals surface area contributed by atoms with E-state index in [1.807, 2.05) is 6.08 Å². The topological polar surface area (TPSA) is 228 Å². The van der Waals surface area contributed by atoms with E-state index in [4.69, 9.17) is 18.9 Å². The molecule has 12 atom stereocenters. The van der Waals surface area contributed by atoms with Crippen LogP contribution >= 0.6 is 0 Å². The molecule has 12 unspecified atom stereocenters. The molecule has 103 heavy (non-hydrogen) atoms. The van der Waals surface area contributed by atoms with Crippen LogP contribution in [-0.4, -0.2) is 140 Å². The van der Waals surface area contributed by atoms with Crippen molar-refractivity contribution in [3.8, 4) is 0 Å². The van der Waals surface area contributed by atoms with Crippen molar-refractivity contribution < 1.29 is 64.6 Å². The van der Waals surface area contributed by atoms with Gasteiger partial charge in [-0.2, -0.15) is 0 Å². The molecule has 0 aromatic carbocycles. The zero-order valence-electron chi connectivity index (χ0n) is 67.4. The fourth-order valence-electron chi connectivity index (χ4n) is 15.3. The van der Waals surface area contributed by atoms with Gasteiger partial charge in [-0.3, -0.25) is 4.79 Å². The highest BCUT2D eigenvalue weighted by Crippen LogP contribution is 2.31. The van der Waals surface area contributed by atoms with Gasteiger partial charge in [-0.15, -0.1) is 0 Å². The van der Waals surface area contributed by atoms with E-state index in [9.17, 15) is 45.6 Å².